The number of fused-ring (bicyclic) bond motifs is 1. The summed E-state index contributed by atoms with van der Waals surface area (Å²) in [6.45, 7) is 2.21. The summed E-state index contributed by atoms with van der Waals surface area (Å²) in [6.07, 6.45) is 8.06. The number of carbonyl (C=O) groups is 1. The van der Waals surface area contributed by atoms with E-state index in [1.54, 1.807) is 42.6 Å². The maximum absolute atomic E-state index is 13.0. The van der Waals surface area contributed by atoms with Gasteiger partial charge in [0.2, 0.25) is 0 Å². The lowest BCUT2D eigenvalue weighted by Crippen LogP contribution is -2.42. The first-order valence-corrected chi connectivity index (χ1v) is 11.2. The van der Waals surface area contributed by atoms with Crippen LogP contribution in [0, 0.1) is 5.41 Å². The molecular weight excluding hydrogens is 420 g/mol. The van der Waals surface area contributed by atoms with Gasteiger partial charge in [0.15, 0.2) is 0 Å². The molecule has 0 radical (unpaired) electrons. The monoisotopic (exact) mass is 449 g/mol. The van der Waals surface area contributed by atoms with Crippen LogP contribution in [0.2, 0.25) is 0 Å². The lowest BCUT2D eigenvalue weighted by Gasteiger charge is -2.26. The van der Waals surface area contributed by atoms with Gasteiger partial charge in [-0.25, -0.2) is 0 Å². The van der Waals surface area contributed by atoms with Crippen molar-refractivity contribution in [2.24, 2.45) is 0 Å². The summed E-state index contributed by atoms with van der Waals surface area (Å²) in [7, 11) is 0. The van der Waals surface area contributed by atoms with E-state index in [0.717, 1.165) is 35.8 Å². The predicted octanol–water partition coefficient (Wildman–Crippen LogP) is 2.71. The highest BCUT2D eigenvalue weighted by Gasteiger charge is 2.26. The van der Waals surface area contributed by atoms with Crippen molar-refractivity contribution < 1.29 is 24.6 Å². The van der Waals surface area contributed by atoms with Crippen LogP contribution in [0.3, 0.4) is 0 Å². The zero-order chi connectivity index (χ0) is 23.4. The van der Waals surface area contributed by atoms with Gasteiger partial charge >= 0.3 is 11.6 Å². The average molecular weight is 450 g/mol. The molecule has 1 saturated carbocycles. The largest absolute Gasteiger partial charge is 0.492 e. The lowest BCUT2D eigenvalue weighted by molar-refractivity contribution is -0.885. The van der Waals surface area contributed by atoms with Crippen molar-refractivity contribution in [2.75, 3.05) is 6.61 Å². The van der Waals surface area contributed by atoms with E-state index in [-0.39, 0.29) is 23.6 Å². The molecule has 172 valence electrons. The minimum atomic E-state index is -0.498. The number of aliphatic hydroxyl groups is 1. The second-order valence-electron chi connectivity index (χ2n) is 8.23. The van der Waals surface area contributed by atoms with Crippen LogP contribution in [0.4, 0.5) is 0 Å². The molecule has 2 aromatic rings. The standard InChI is InChI=1S/C25H28N4O4/c1-2-33-24-14-20(26)17(15-27-18-8-10-19(30)11-9-18)13-21(24)28-25(31)23-12-7-16-5-3-4-6-22(16)29(23)32/h3-7,12-15,18-19,26,30-32H,2,8-11H2,1H3/p+1/t18-,19-. The van der Waals surface area contributed by atoms with Gasteiger partial charge in [0, 0.05) is 40.8 Å². The van der Waals surface area contributed by atoms with E-state index in [0.29, 0.717) is 29.2 Å². The van der Waals surface area contributed by atoms with Gasteiger partial charge in [0.1, 0.15) is 5.76 Å². The van der Waals surface area contributed by atoms with Crippen molar-refractivity contribution in [3.8, 4) is 0 Å². The van der Waals surface area contributed by atoms with Gasteiger partial charge in [0.05, 0.1) is 29.5 Å². The molecule has 5 N–H and O–H groups in total. The third-order valence-corrected chi connectivity index (χ3v) is 5.92. The molecular formula is C25H29N4O4+. The fraction of sp³-hybridized carbons (Fsp3) is 0.320. The van der Waals surface area contributed by atoms with Crippen molar-refractivity contribution in [1.82, 2.24) is 10.6 Å². The van der Waals surface area contributed by atoms with Gasteiger partial charge in [-0.2, -0.15) is 0 Å². The molecule has 8 nitrogen and oxygen atoms in total. The van der Waals surface area contributed by atoms with Crippen molar-refractivity contribution >= 4 is 22.5 Å². The first kappa shape index (κ1) is 22.5. The number of carbonyl (C=O) groups excluding carboxylic acids is 1. The van der Waals surface area contributed by atoms with E-state index >= 15 is 0 Å². The van der Waals surface area contributed by atoms with E-state index in [1.165, 1.54) is 0 Å². The number of nitrogens with zero attached hydrogens (tertiary/aromatic N) is 1. The summed E-state index contributed by atoms with van der Waals surface area (Å²) in [4.78, 5) is 13.0. The summed E-state index contributed by atoms with van der Waals surface area (Å²) in [5.41, 5.74) is 1.89. The Labute approximate surface area is 192 Å². The van der Waals surface area contributed by atoms with Crippen LogP contribution < -0.4 is 15.4 Å². The van der Waals surface area contributed by atoms with Crippen LogP contribution in [0.25, 0.3) is 10.9 Å². The number of pyridine rings is 1. The molecule has 0 bridgehead atoms. The van der Waals surface area contributed by atoms with Crippen LogP contribution in [0.15, 0.2) is 71.8 Å². The third kappa shape index (κ3) is 5.06. The Balaban J connectivity index is 1.56. The zero-order valence-electron chi connectivity index (χ0n) is 18.5. The minimum absolute atomic E-state index is 0.0792. The van der Waals surface area contributed by atoms with Gasteiger partial charge in [-0.3, -0.25) is 10.0 Å². The molecule has 33 heavy (non-hydrogen) atoms. The van der Waals surface area contributed by atoms with E-state index in [9.17, 15) is 15.1 Å². The maximum atomic E-state index is 13.0. The van der Waals surface area contributed by atoms with E-state index in [2.05, 4.69) is 10.6 Å². The zero-order valence-corrected chi connectivity index (χ0v) is 18.5. The number of rotatable bonds is 6. The number of para-hydroxylation sites is 1. The number of benzene rings is 1. The van der Waals surface area contributed by atoms with E-state index in [4.69, 9.17) is 10.1 Å². The van der Waals surface area contributed by atoms with Crippen LogP contribution in [0.1, 0.15) is 43.1 Å². The smallest absolute Gasteiger partial charge is 0.325 e. The molecule has 0 saturated heterocycles. The highest BCUT2D eigenvalue weighted by atomic mass is 16.5. The van der Waals surface area contributed by atoms with Crippen molar-refractivity contribution in [2.45, 2.75) is 44.8 Å². The highest BCUT2D eigenvalue weighted by molar-refractivity contribution is 6.10. The number of hydrogen-bond donors (Lipinski definition) is 5. The molecule has 1 aromatic heterocycles. The molecule has 0 unspecified atom stereocenters. The summed E-state index contributed by atoms with van der Waals surface area (Å²) in [5.74, 6) is -0.110. The topological polar surface area (TPSA) is 119 Å². The second-order valence-corrected chi connectivity index (χ2v) is 8.23. The Bertz CT molecular complexity index is 1160. The molecule has 1 fully saturated rings. The SMILES string of the molecule is CCOC1=CC(=N)/C(=C\N[C@H]2CC[C@H](O)CC2)C=C1NC(=O)c1ccc2ccccc2[n+]1O. The van der Waals surface area contributed by atoms with Gasteiger partial charge in [-0.15, -0.1) is 0 Å². The minimum Gasteiger partial charge on any atom is -0.492 e. The van der Waals surface area contributed by atoms with Gasteiger partial charge in [-0.1, -0.05) is 12.1 Å². The normalized spacial score (nSPS) is 22.0. The number of aliphatic hydroxyl groups excluding tert-OH is 1. The molecule has 0 atom stereocenters. The first-order valence-electron chi connectivity index (χ1n) is 11.2. The predicted molar refractivity (Wildman–Crippen MR) is 124 cm³/mol. The maximum Gasteiger partial charge on any atom is 0.325 e. The highest BCUT2D eigenvalue weighted by Crippen LogP contribution is 2.22. The summed E-state index contributed by atoms with van der Waals surface area (Å²) in [5, 5.41) is 35.6. The van der Waals surface area contributed by atoms with Crippen LogP contribution in [0.5, 0.6) is 0 Å². The number of amides is 1. The molecule has 0 aliphatic heterocycles. The van der Waals surface area contributed by atoms with Crippen LogP contribution >= 0.6 is 0 Å². The van der Waals surface area contributed by atoms with Crippen molar-refractivity contribution in [3.05, 3.63) is 77.5 Å². The quantitative estimate of drug-likeness (QED) is 0.343. The van der Waals surface area contributed by atoms with Gasteiger partial charge < -0.3 is 25.9 Å². The molecule has 0 spiro atoms. The Morgan fingerprint density at radius 2 is 1.94 bits per heavy atom. The fourth-order valence-electron chi connectivity index (χ4n) is 4.09. The molecule has 4 rings (SSSR count). The van der Waals surface area contributed by atoms with Crippen LogP contribution in [-0.4, -0.2) is 40.7 Å². The fourth-order valence-corrected chi connectivity index (χ4v) is 4.09. The first-order chi connectivity index (χ1) is 16.0. The van der Waals surface area contributed by atoms with Crippen molar-refractivity contribution in [3.63, 3.8) is 0 Å². The number of aromatic nitrogens is 1. The average Bonchev–Trinajstić information content (AvgIpc) is 2.81. The van der Waals surface area contributed by atoms with Gasteiger partial charge in [0.25, 0.3) is 5.52 Å². The molecule has 8 heteroatoms. The Morgan fingerprint density at radius 1 is 1.18 bits per heavy atom. The number of nitrogens with one attached hydrogen (secondary N) is 3. The summed E-state index contributed by atoms with van der Waals surface area (Å²) < 4.78 is 6.52. The molecule has 2 aliphatic rings. The van der Waals surface area contributed by atoms with E-state index < -0.39 is 5.91 Å². The van der Waals surface area contributed by atoms with Gasteiger partial charge in [-0.05, 0) is 50.8 Å². The number of hydrogen-bond acceptors (Lipinski definition) is 6. The molecule has 1 aromatic carbocycles. The Kier molecular flexibility index (Phi) is 6.74. The molecule has 2 aliphatic carbocycles. The molecule has 1 heterocycles. The Morgan fingerprint density at radius 3 is 2.70 bits per heavy atom. The number of ether oxygens (including phenoxy) is 1. The third-order valence-electron chi connectivity index (χ3n) is 5.92. The number of allylic oxidation sites excluding steroid dienone is 3. The van der Waals surface area contributed by atoms with Crippen molar-refractivity contribution in [1.29, 1.82) is 5.41 Å². The Hall–Kier alpha value is -3.65. The second kappa shape index (κ2) is 9.87. The molecule has 1 amide bonds. The van der Waals surface area contributed by atoms with E-state index in [1.807, 2.05) is 19.1 Å². The van der Waals surface area contributed by atoms with Crippen LogP contribution in [-0.2, 0) is 4.74 Å². The summed E-state index contributed by atoms with van der Waals surface area (Å²) in [6, 6.07) is 10.8. The summed E-state index contributed by atoms with van der Waals surface area (Å²) >= 11 is 0. The lowest BCUT2D eigenvalue weighted by atomic mass is 9.93.